The van der Waals surface area contributed by atoms with E-state index in [2.05, 4.69) is 23.4 Å². The van der Waals surface area contributed by atoms with E-state index in [0.717, 1.165) is 39.8 Å². The van der Waals surface area contributed by atoms with Crippen LogP contribution in [0.3, 0.4) is 0 Å². The summed E-state index contributed by atoms with van der Waals surface area (Å²) >= 11 is 14.3. The highest BCUT2D eigenvalue weighted by molar-refractivity contribution is 7.99. The van der Waals surface area contributed by atoms with E-state index < -0.39 is 0 Å². The Morgan fingerprint density at radius 3 is 2.89 bits per heavy atom. The molecule has 5 heteroatoms. The molecule has 0 aliphatic carbocycles. The number of benzene rings is 1. The van der Waals surface area contributed by atoms with Crippen molar-refractivity contribution in [3.8, 4) is 0 Å². The molecule has 0 saturated heterocycles. The van der Waals surface area contributed by atoms with Gasteiger partial charge in [0.1, 0.15) is 5.82 Å². The zero-order chi connectivity index (χ0) is 13.8. The molecule has 104 valence electrons. The molecule has 1 heterocycles. The Balaban J connectivity index is 2.39. The van der Waals surface area contributed by atoms with Gasteiger partial charge in [-0.05, 0) is 37.0 Å². The van der Waals surface area contributed by atoms with Gasteiger partial charge >= 0.3 is 0 Å². The van der Waals surface area contributed by atoms with Crippen molar-refractivity contribution in [2.45, 2.75) is 32.2 Å². The van der Waals surface area contributed by atoms with E-state index >= 15 is 0 Å². The van der Waals surface area contributed by atoms with Gasteiger partial charge in [-0.3, -0.25) is 0 Å². The number of aromatic nitrogens is 2. The summed E-state index contributed by atoms with van der Waals surface area (Å²) in [7, 11) is 0. The van der Waals surface area contributed by atoms with Gasteiger partial charge in [-0.2, -0.15) is 11.8 Å². The molecule has 0 spiro atoms. The average molecular weight is 317 g/mol. The van der Waals surface area contributed by atoms with Crippen LogP contribution in [0.2, 0.25) is 5.02 Å². The number of rotatable bonds is 6. The fourth-order valence-corrected chi connectivity index (χ4v) is 3.50. The first-order chi connectivity index (χ1) is 9.19. The molecular weight excluding hydrogens is 299 g/mol. The molecule has 0 radical (unpaired) electrons. The van der Waals surface area contributed by atoms with Gasteiger partial charge in [0.15, 0.2) is 0 Å². The maximum atomic E-state index is 6.33. The molecule has 0 amide bonds. The van der Waals surface area contributed by atoms with Crippen LogP contribution in [0.4, 0.5) is 0 Å². The summed E-state index contributed by atoms with van der Waals surface area (Å²) in [5.74, 6) is 3.61. The average Bonchev–Trinajstić information content (AvgIpc) is 2.79. The zero-order valence-corrected chi connectivity index (χ0v) is 13.5. The van der Waals surface area contributed by atoms with Gasteiger partial charge < -0.3 is 4.57 Å². The molecule has 0 saturated carbocycles. The van der Waals surface area contributed by atoms with Crippen LogP contribution in [0, 0.1) is 0 Å². The van der Waals surface area contributed by atoms with Gasteiger partial charge in [0, 0.05) is 6.04 Å². The number of imidazole rings is 1. The van der Waals surface area contributed by atoms with Crippen molar-refractivity contribution in [2.24, 2.45) is 0 Å². The largest absolute Gasteiger partial charge is 0.323 e. The Kier molecular flexibility index (Phi) is 5.43. The summed E-state index contributed by atoms with van der Waals surface area (Å²) in [5.41, 5.74) is 1.94. The molecule has 1 atom stereocenters. The Morgan fingerprint density at radius 2 is 2.21 bits per heavy atom. The second kappa shape index (κ2) is 6.87. The van der Waals surface area contributed by atoms with Crippen LogP contribution in [0.15, 0.2) is 18.2 Å². The lowest BCUT2D eigenvalue weighted by Crippen LogP contribution is -2.09. The molecular formula is C14H18Cl2N2S. The van der Waals surface area contributed by atoms with Crippen LogP contribution in [0.1, 0.15) is 32.1 Å². The van der Waals surface area contributed by atoms with Crippen LogP contribution >= 0.6 is 35.0 Å². The Bertz CT molecular complexity index is 554. The summed E-state index contributed by atoms with van der Waals surface area (Å²) in [6, 6.07) is 6.18. The number of hydrogen-bond acceptors (Lipinski definition) is 2. The highest BCUT2D eigenvalue weighted by Gasteiger charge is 2.17. The first kappa shape index (κ1) is 15.0. The minimum absolute atomic E-state index is 0.359. The van der Waals surface area contributed by atoms with Gasteiger partial charge in [0.2, 0.25) is 0 Å². The topological polar surface area (TPSA) is 17.8 Å². The van der Waals surface area contributed by atoms with E-state index in [1.165, 1.54) is 0 Å². The van der Waals surface area contributed by atoms with Gasteiger partial charge in [-0.1, -0.05) is 24.6 Å². The van der Waals surface area contributed by atoms with E-state index in [9.17, 15) is 0 Å². The maximum absolute atomic E-state index is 6.33. The van der Waals surface area contributed by atoms with Crippen LogP contribution in [-0.2, 0) is 5.88 Å². The molecule has 2 rings (SSSR count). The van der Waals surface area contributed by atoms with Crippen molar-refractivity contribution >= 4 is 46.0 Å². The number of thioether (sulfide) groups is 1. The number of para-hydroxylation sites is 1. The van der Waals surface area contributed by atoms with E-state index in [-0.39, 0.29) is 0 Å². The zero-order valence-electron chi connectivity index (χ0n) is 11.2. The third kappa shape index (κ3) is 3.21. The van der Waals surface area contributed by atoms with E-state index in [4.69, 9.17) is 23.2 Å². The van der Waals surface area contributed by atoms with Gasteiger partial charge in [0.05, 0.1) is 21.9 Å². The molecule has 1 unspecified atom stereocenters. The van der Waals surface area contributed by atoms with Crippen molar-refractivity contribution in [1.29, 1.82) is 0 Å². The predicted octanol–water partition coefficient (Wildman–Crippen LogP) is 5.13. The van der Waals surface area contributed by atoms with Crippen LogP contribution < -0.4 is 0 Å². The first-order valence-electron chi connectivity index (χ1n) is 6.48. The lowest BCUT2D eigenvalue weighted by Gasteiger charge is -2.17. The van der Waals surface area contributed by atoms with Gasteiger partial charge in [-0.25, -0.2) is 4.98 Å². The fraction of sp³-hybridized carbons (Fsp3) is 0.500. The molecule has 0 fully saturated rings. The molecule has 2 nitrogen and oxygen atoms in total. The van der Waals surface area contributed by atoms with Crippen LogP contribution in [-0.4, -0.2) is 21.1 Å². The van der Waals surface area contributed by atoms with Gasteiger partial charge in [0.25, 0.3) is 0 Å². The highest BCUT2D eigenvalue weighted by Crippen LogP contribution is 2.30. The summed E-state index contributed by atoms with van der Waals surface area (Å²) in [5, 5.41) is 0.747. The molecule has 1 aromatic carbocycles. The Morgan fingerprint density at radius 1 is 1.42 bits per heavy atom. The number of nitrogens with zero attached hydrogens (tertiary/aromatic N) is 2. The summed E-state index contributed by atoms with van der Waals surface area (Å²) < 4.78 is 2.20. The maximum Gasteiger partial charge on any atom is 0.125 e. The molecule has 0 bridgehead atoms. The van der Waals surface area contributed by atoms with Gasteiger partial charge in [-0.15, -0.1) is 11.6 Å². The number of alkyl halides is 1. The quantitative estimate of drug-likeness (QED) is 0.543. The van der Waals surface area contributed by atoms with E-state index in [1.54, 1.807) is 0 Å². The minimum atomic E-state index is 0.359. The number of halogens is 2. The van der Waals surface area contributed by atoms with Crippen molar-refractivity contribution in [3.05, 3.63) is 29.0 Å². The predicted molar refractivity (Wildman–Crippen MR) is 86.6 cm³/mol. The van der Waals surface area contributed by atoms with Crippen LogP contribution in [0.25, 0.3) is 11.0 Å². The standard InChI is InChI=1S/C14H18Cl2N2S/c1-3-19-8-7-10(2)18-13(9-15)17-12-6-4-5-11(16)14(12)18/h4-6,10H,3,7-9H2,1-2H3. The Hall–Kier alpha value is -0.380. The molecule has 0 N–H and O–H groups in total. The smallest absolute Gasteiger partial charge is 0.125 e. The van der Waals surface area contributed by atoms with Crippen LogP contribution in [0.5, 0.6) is 0 Å². The monoisotopic (exact) mass is 316 g/mol. The normalized spacial score (nSPS) is 13.1. The van der Waals surface area contributed by atoms with E-state index in [0.29, 0.717) is 11.9 Å². The lowest BCUT2D eigenvalue weighted by molar-refractivity contribution is 0.534. The minimum Gasteiger partial charge on any atom is -0.323 e. The molecule has 1 aromatic heterocycles. The van der Waals surface area contributed by atoms with Crippen molar-refractivity contribution < 1.29 is 0 Å². The fourth-order valence-electron chi connectivity index (χ4n) is 2.25. The second-order valence-electron chi connectivity index (χ2n) is 4.47. The SMILES string of the molecule is CCSCCC(C)n1c(CCl)nc2cccc(Cl)c21. The summed E-state index contributed by atoms with van der Waals surface area (Å²) in [6.45, 7) is 4.39. The molecule has 0 aliphatic heterocycles. The highest BCUT2D eigenvalue weighted by atomic mass is 35.5. The third-order valence-electron chi connectivity index (χ3n) is 3.18. The van der Waals surface area contributed by atoms with Crippen molar-refractivity contribution in [1.82, 2.24) is 9.55 Å². The molecule has 2 aromatic rings. The number of fused-ring (bicyclic) bond motifs is 1. The van der Waals surface area contributed by atoms with E-state index in [1.807, 2.05) is 30.0 Å². The third-order valence-corrected chi connectivity index (χ3v) is 4.66. The first-order valence-corrected chi connectivity index (χ1v) is 8.54. The molecule has 19 heavy (non-hydrogen) atoms. The van der Waals surface area contributed by atoms with Crippen molar-refractivity contribution in [2.75, 3.05) is 11.5 Å². The molecule has 0 aliphatic rings. The summed E-state index contributed by atoms with van der Waals surface area (Å²) in [4.78, 5) is 4.58. The second-order valence-corrected chi connectivity index (χ2v) is 6.54. The number of hydrogen-bond donors (Lipinski definition) is 0. The van der Waals surface area contributed by atoms with Crippen molar-refractivity contribution in [3.63, 3.8) is 0 Å². The Labute approximate surface area is 128 Å². The lowest BCUT2D eigenvalue weighted by atomic mass is 10.2. The summed E-state index contributed by atoms with van der Waals surface area (Å²) in [6.07, 6.45) is 1.10.